The smallest absolute Gasteiger partial charge is 0.344 e. The zero-order valence-electron chi connectivity index (χ0n) is 18.5. The second-order valence-corrected chi connectivity index (χ2v) is 6.62. The number of rotatable bonds is 14. The molecule has 0 atom stereocenters. The van der Waals surface area contributed by atoms with Gasteiger partial charge in [0, 0.05) is 17.8 Å². The van der Waals surface area contributed by atoms with Gasteiger partial charge < -0.3 is 24.3 Å². The zero-order chi connectivity index (χ0) is 23.9. The van der Waals surface area contributed by atoms with Gasteiger partial charge in [0.05, 0.1) is 32.9 Å². The van der Waals surface area contributed by atoms with Gasteiger partial charge in [0.25, 0.3) is 0 Å². The summed E-state index contributed by atoms with van der Waals surface area (Å²) in [7, 11) is 0. The molecule has 178 valence electrons. The van der Waals surface area contributed by atoms with Crippen LogP contribution in [0.2, 0.25) is 0 Å². The van der Waals surface area contributed by atoms with Gasteiger partial charge in [-0.1, -0.05) is 0 Å². The van der Waals surface area contributed by atoms with Crippen LogP contribution in [-0.4, -0.2) is 74.1 Å². The Morgan fingerprint density at radius 1 is 0.906 bits per heavy atom. The van der Waals surface area contributed by atoms with Gasteiger partial charge in [0.1, 0.15) is 11.6 Å². The lowest BCUT2D eigenvalue weighted by Crippen LogP contribution is -2.36. The summed E-state index contributed by atoms with van der Waals surface area (Å²) >= 11 is 5.55. The lowest BCUT2D eigenvalue weighted by Gasteiger charge is -2.22. The number of nitrogens with zero attached hydrogens (tertiary/aromatic N) is 1. The zero-order valence-corrected chi connectivity index (χ0v) is 19.2. The van der Waals surface area contributed by atoms with Crippen LogP contribution in [0.4, 0.5) is 5.69 Å². The number of ether oxygens (including phenoxy) is 4. The standard InChI is InChI=1S/C21H29ClN2O8/c1-4-29-19(26)12-24(13-20(27)30-5-2)11-15-9-16(23-18(25)10-22)7-8-17(15)32-14-21(28)31-6-3/h7-9H,4-6,10-14H2,1-3H3,(H,23,25). The second-order valence-electron chi connectivity index (χ2n) is 6.35. The van der Waals surface area contributed by atoms with Crippen LogP contribution in [0.5, 0.6) is 5.75 Å². The van der Waals surface area contributed by atoms with Crippen molar-refractivity contribution in [3.05, 3.63) is 23.8 Å². The van der Waals surface area contributed by atoms with E-state index in [1.165, 1.54) is 4.90 Å². The van der Waals surface area contributed by atoms with Gasteiger partial charge in [-0.3, -0.25) is 19.3 Å². The maximum atomic E-state index is 12.0. The molecular formula is C21H29ClN2O8. The van der Waals surface area contributed by atoms with E-state index < -0.39 is 23.8 Å². The first-order chi connectivity index (χ1) is 15.3. The summed E-state index contributed by atoms with van der Waals surface area (Å²) in [6, 6.07) is 4.75. The van der Waals surface area contributed by atoms with Crippen LogP contribution in [0.25, 0.3) is 0 Å². The Bertz CT molecular complexity index is 767. The minimum absolute atomic E-state index is 0.0698. The number of carbonyl (C=O) groups excluding carboxylic acids is 4. The molecule has 0 heterocycles. The molecule has 0 aromatic heterocycles. The van der Waals surface area contributed by atoms with Crippen molar-refractivity contribution in [3.8, 4) is 5.75 Å². The number of anilines is 1. The van der Waals surface area contributed by atoms with E-state index in [9.17, 15) is 19.2 Å². The fourth-order valence-corrected chi connectivity index (χ4v) is 2.71. The van der Waals surface area contributed by atoms with Gasteiger partial charge in [0.2, 0.25) is 5.91 Å². The lowest BCUT2D eigenvalue weighted by atomic mass is 10.1. The largest absolute Gasteiger partial charge is 0.482 e. The van der Waals surface area contributed by atoms with Crippen molar-refractivity contribution in [1.82, 2.24) is 4.90 Å². The van der Waals surface area contributed by atoms with Crippen LogP contribution in [0, 0.1) is 0 Å². The van der Waals surface area contributed by atoms with Crippen LogP contribution in [0.1, 0.15) is 26.3 Å². The molecule has 1 rings (SSSR count). The number of alkyl halides is 1. The number of carbonyl (C=O) groups is 4. The third kappa shape index (κ3) is 10.5. The first-order valence-corrected chi connectivity index (χ1v) is 10.7. The number of hydrogen-bond acceptors (Lipinski definition) is 9. The van der Waals surface area contributed by atoms with Gasteiger partial charge in [-0.05, 0) is 39.0 Å². The fourth-order valence-electron chi connectivity index (χ4n) is 2.64. The van der Waals surface area contributed by atoms with E-state index in [-0.39, 0.29) is 51.9 Å². The molecule has 0 radical (unpaired) electrons. The van der Waals surface area contributed by atoms with Crippen molar-refractivity contribution >= 4 is 41.1 Å². The summed E-state index contributed by atoms with van der Waals surface area (Å²) in [5.41, 5.74) is 0.941. The number of hydrogen-bond donors (Lipinski definition) is 1. The molecule has 1 aromatic carbocycles. The first kappa shape index (κ1) is 27.2. The summed E-state index contributed by atoms with van der Waals surface area (Å²) in [6.07, 6.45) is 0. The third-order valence-electron chi connectivity index (χ3n) is 3.83. The van der Waals surface area contributed by atoms with Gasteiger partial charge >= 0.3 is 17.9 Å². The van der Waals surface area contributed by atoms with E-state index in [2.05, 4.69) is 5.32 Å². The molecule has 1 aromatic rings. The second kappa shape index (κ2) is 15.0. The Kier molecular flexibility index (Phi) is 12.8. The highest BCUT2D eigenvalue weighted by atomic mass is 35.5. The molecule has 11 heteroatoms. The molecule has 10 nitrogen and oxygen atoms in total. The molecule has 1 amide bonds. The van der Waals surface area contributed by atoms with Crippen molar-refractivity contribution in [2.45, 2.75) is 27.3 Å². The summed E-state index contributed by atoms with van der Waals surface area (Å²) in [5, 5.41) is 2.62. The quantitative estimate of drug-likeness (QED) is 0.245. The van der Waals surface area contributed by atoms with Crippen LogP contribution in [-0.2, 0) is 39.9 Å². The summed E-state index contributed by atoms with van der Waals surface area (Å²) in [6.45, 7) is 5.02. The van der Waals surface area contributed by atoms with Crippen molar-refractivity contribution in [2.75, 3.05) is 50.7 Å². The van der Waals surface area contributed by atoms with Gasteiger partial charge in [-0.15, -0.1) is 11.6 Å². The highest BCUT2D eigenvalue weighted by Gasteiger charge is 2.19. The highest BCUT2D eigenvalue weighted by Crippen LogP contribution is 2.25. The molecule has 0 aliphatic rings. The molecule has 0 unspecified atom stereocenters. The number of nitrogens with one attached hydrogen (secondary N) is 1. The Morgan fingerprint density at radius 3 is 2.00 bits per heavy atom. The molecule has 0 saturated heterocycles. The van der Waals surface area contributed by atoms with E-state index in [0.29, 0.717) is 17.0 Å². The minimum atomic E-state index is -0.548. The van der Waals surface area contributed by atoms with Crippen LogP contribution in [0.15, 0.2) is 18.2 Å². The van der Waals surface area contributed by atoms with E-state index in [4.69, 9.17) is 30.5 Å². The Balaban J connectivity index is 3.14. The first-order valence-electron chi connectivity index (χ1n) is 10.1. The molecule has 0 bridgehead atoms. The van der Waals surface area contributed by atoms with Gasteiger partial charge in [-0.25, -0.2) is 4.79 Å². The van der Waals surface area contributed by atoms with E-state index in [1.54, 1.807) is 39.0 Å². The Hall–Kier alpha value is -2.85. The van der Waals surface area contributed by atoms with Crippen molar-refractivity contribution in [3.63, 3.8) is 0 Å². The van der Waals surface area contributed by atoms with Gasteiger partial charge in [-0.2, -0.15) is 0 Å². The lowest BCUT2D eigenvalue weighted by molar-refractivity contribution is -0.148. The minimum Gasteiger partial charge on any atom is -0.482 e. The average molecular weight is 473 g/mol. The van der Waals surface area contributed by atoms with E-state index in [1.807, 2.05) is 0 Å². The monoisotopic (exact) mass is 472 g/mol. The molecule has 0 aliphatic heterocycles. The average Bonchev–Trinajstić information content (AvgIpc) is 2.73. The maximum Gasteiger partial charge on any atom is 0.344 e. The van der Waals surface area contributed by atoms with Crippen molar-refractivity contribution in [2.24, 2.45) is 0 Å². The number of halogens is 1. The van der Waals surface area contributed by atoms with E-state index >= 15 is 0 Å². The molecular weight excluding hydrogens is 444 g/mol. The van der Waals surface area contributed by atoms with Crippen molar-refractivity contribution < 1.29 is 38.1 Å². The summed E-state index contributed by atoms with van der Waals surface area (Å²) in [5.74, 6) is -1.90. The van der Waals surface area contributed by atoms with Crippen LogP contribution < -0.4 is 10.1 Å². The van der Waals surface area contributed by atoms with Crippen molar-refractivity contribution in [1.29, 1.82) is 0 Å². The molecule has 1 N–H and O–H groups in total. The van der Waals surface area contributed by atoms with Crippen LogP contribution in [0.3, 0.4) is 0 Å². The molecule has 0 aliphatic carbocycles. The third-order valence-corrected chi connectivity index (χ3v) is 4.07. The number of amides is 1. The highest BCUT2D eigenvalue weighted by molar-refractivity contribution is 6.29. The summed E-state index contributed by atoms with van der Waals surface area (Å²) < 4.78 is 20.4. The fraction of sp³-hybridized carbons (Fsp3) is 0.524. The molecule has 0 fully saturated rings. The Morgan fingerprint density at radius 2 is 1.47 bits per heavy atom. The normalized spacial score (nSPS) is 10.4. The summed E-state index contributed by atoms with van der Waals surface area (Å²) in [4.78, 5) is 48.9. The van der Waals surface area contributed by atoms with Gasteiger partial charge in [0.15, 0.2) is 6.61 Å². The maximum absolute atomic E-state index is 12.0. The van der Waals surface area contributed by atoms with Crippen LogP contribution >= 0.6 is 11.6 Å². The molecule has 0 saturated carbocycles. The predicted molar refractivity (Wildman–Crippen MR) is 116 cm³/mol. The predicted octanol–water partition coefficient (Wildman–Crippen LogP) is 1.73. The molecule has 0 spiro atoms. The molecule has 32 heavy (non-hydrogen) atoms. The number of benzene rings is 1. The Labute approximate surface area is 192 Å². The topological polar surface area (TPSA) is 120 Å². The SMILES string of the molecule is CCOC(=O)COc1ccc(NC(=O)CCl)cc1CN(CC(=O)OCC)CC(=O)OCC. The van der Waals surface area contributed by atoms with E-state index in [0.717, 1.165) is 0 Å². The number of esters is 3.